The van der Waals surface area contributed by atoms with Crippen molar-refractivity contribution >= 4 is 23.2 Å². The Kier molecular flexibility index (Phi) is 5.52. The van der Waals surface area contributed by atoms with Gasteiger partial charge in [0, 0.05) is 10.6 Å². The van der Waals surface area contributed by atoms with Crippen LogP contribution in [-0.4, -0.2) is 27.8 Å². The second-order valence-electron chi connectivity index (χ2n) is 5.74. The highest BCUT2D eigenvalue weighted by molar-refractivity contribution is 6.31. The SMILES string of the molecule is COc1ccc(Cl)cc1NC(=O)[C@@H](C)n1ncc(-c2ccccc2)nc1=O. The fourth-order valence-electron chi connectivity index (χ4n) is 2.49. The molecule has 1 N–H and O–H groups in total. The van der Waals surface area contributed by atoms with E-state index in [4.69, 9.17) is 16.3 Å². The van der Waals surface area contributed by atoms with Crippen molar-refractivity contribution in [1.82, 2.24) is 14.8 Å². The monoisotopic (exact) mass is 384 g/mol. The van der Waals surface area contributed by atoms with E-state index in [1.54, 1.807) is 25.1 Å². The van der Waals surface area contributed by atoms with Gasteiger partial charge in [-0.2, -0.15) is 10.1 Å². The van der Waals surface area contributed by atoms with Crippen LogP contribution in [-0.2, 0) is 4.79 Å². The fourth-order valence-corrected chi connectivity index (χ4v) is 2.66. The van der Waals surface area contributed by atoms with Gasteiger partial charge in [0.05, 0.1) is 24.7 Å². The normalized spacial score (nSPS) is 11.7. The molecule has 0 unspecified atom stereocenters. The molecule has 0 saturated heterocycles. The van der Waals surface area contributed by atoms with Crippen molar-refractivity contribution in [2.24, 2.45) is 0 Å². The summed E-state index contributed by atoms with van der Waals surface area (Å²) in [4.78, 5) is 28.9. The smallest absolute Gasteiger partial charge is 0.365 e. The summed E-state index contributed by atoms with van der Waals surface area (Å²) in [5.41, 5.74) is 1.01. The maximum atomic E-state index is 12.6. The highest BCUT2D eigenvalue weighted by Crippen LogP contribution is 2.28. The van der Waals surface area contributed by atoms with Crippen LogP contribution in [0.4, 0.5) is 5.69 Å². The summed E-state index contributed by atoms with van der Waals surface area (Å²) in [5.74, 6) is 0.0113. The lowest BCUT2D eigenvalue weighted by Crippen LogP contribution is -2.34. The summed E-state index contributed by atoms with van der Waals surface area (Å²) in [7, 11) is 1.49. The molecule has 0 saturated carbocycles. The van der Waals surface area contributed by atoms with E-state index in [-0.39, 0.29) is 0 Å². The van der Waals surface area contributed by atoms with Crippen LogP contribution in [0.25, 0.3) is 11.3 Å². The molecular weight excluding hydrogens is 368 g/mol. The van der Waals surface area contributed by atoms with E-state index in [1.807, 2.05) is 30.3 Å². The quantitative estimate of drug-likeness (QED) is 0.730. The molecule has 3 aromatic rings. The van der Waals surface area contributed by atoms with Crippen LogP contribution < -0.4 is 15.7 Å². The minimum absolute atomic E-state index is 0.406. The molecule has 0 fully saturated rings. The van der Waals surface area contributed by atoms with Gasteiger partial charge in [-0.3, -0.25) is 4.79 Å². The number of anilines is 1. The van der Waals surface area contributed by atoms with Crippen molar-refractivity contribution in [2.45, 2.75) is 13.0 Å². The van der Waals surface area contributed by atoms with Crippen molar-refractivity contribution in [3.8, 4) is 17.0 Å². The third-order valence-electron chi connectivity index (χ3n) is 3.95. The maximum absolute atomic E-state index is 12.6. The molecule has 0 aliphatic carbocycles. The molecule has 0 aliphatic rings. The number of carbonyl (C=O) groups is 1. The lowest BCUT2D eigenvalue weighted by molar-refractivity contribution is -0.119. The number of halogens is 1. The molecule has 3 rings (SSSR count). The molecule has 2 aromatic carbocycles. The largest absolute Gasteiger partial charge is 0.495 e. The number of carbonyl (C=O) groups excluding carboxylic acids is 1. The highest BCUT2D eigenvalue weighted by atomic mass is 35.5. The number of methoxy groups -OCH3 is 1. The van der Waals surface area contributed by atoms with Crippen molar-refractivity contribution in [3.05, 3.63) is 70.2 Å². The lowest BCUT2D eigenvalue weighted by Gasteiger charge is -2.15. The molecule has 7 nitrogen and oxygen atoms in total. The minimum Gasteiger partial charge on any atom is -0.495 e. The van der Waals surface area contributed by atoms with Crippen LogP contribution in [0.5, 0.6) is 5.75 Å². The molecule has 27 heavy (non-hydrogen) atoms. The molecule has 1 atom stereocenters. The van der Waals surface area contributed by atoms with E-state index in [9.17, 15) is 9.59 Å². The first kappa shape index (κ1) is 18.6. The zero-order chi connectivity index (χ0) is 19.4. The molecule has 1 amide bonds. The number of hydrogen-bond donors (Lipinski definition) is 1. The third-order valence-corrected chi connectivity index (χ3v) is 4.19. The summed E-state index contributed by atoms with van der Waals surface area (Å²) in [6.45, 7) is 1.56. The van der Waals surface area contributed by atoms with Gasteiger partial charge in [0.2, 0.25) is 5.91 Å². The zero-order valence-electron chi connectivity index (χ0n) is 14.7. The summed E-state index contributed by atoms with van der Waals surface area (Å²) < 4.78 is 6.23. The van der Waals surface area contributed by atoms with E-state index < -0.39 is 17.6 Å². The Hall–Kier alpha value is -3.19. The molecule has 1 aromatic heterocycles. The lowest BCUT2D eigenvalue weighted by atomic mass is 10.2. The Morgan fingerprint density at radius 1 is 1.22 bits per heavy atom. The minimum atomic E-state index is -0.876. The van der Waals surface area contributed by atoms with E-state index in [0.29, 0.717) is 22.2 Å². The van der Waals surface area contributed by atoms with Crippen LogP contribution in [0, 0.1) is 0 Å². The number of nitrogens with zero attached hydrogens (tertiary/aromatic N) is 3. The first-order valence-electron chi connectivity index (χ1n) is 8.15. The van der Waals surface area contributed by atoms with Crippen LogP contribution in [0.1, 0.15) is 13.0 Å². The van der Waals surface area contributed by atoms with Gasteiger partial charge >= 0.3 is 5.69 Å². The van der Waals surface area contributed by atoms with Crippen LogP contribution in [0.3, 0.4) is 0 Å². The number of rotatable bonds is 5. The Balaban J connectivity index is 1.83. The number of amides is 1. The van der Waals surface area contributed by atoms with E-state index in [1.165, 1.54) is 13.3 Å². The Labute approximate surface area is 160 Å². The fraction of sp³-hybridized carbons (Fsp3) is 0.158. The Bertz CT molecular complexity index is 1020. The summed E-state index contributed by atoms with van der Waals surface area (Å²) in [5, 5.41) is 7.25. The van der Waals surface area contributed by atoms with E-state index in [0.717, 1.165) is 10.2 Å². The maximum Gasteiger partial charge on any atom is 0.365 e. The number of hydrogen-bond acceptors (Lipinski definition) is 5. The van der Waals surface area contributed by atoms with Gasteiger partial charge in [0.1, 0.15) is 11.8 Å². The average molecular weight is 385 g/mol. The molecule has 0 spiro atoms. The number of nitrogens with one attached hydrogen (secondary N) is 1. The van der Waals surface area contributed by atoms with Gasteiger partial charge in [-0.25, -0.2) is 9.48 Å². The van der Waals surface area contributed by atoms with Crippen LogP contribution in [0.2, 0.25) is 5.02 Å². The second kappa shape index (κ2) is 8.01. The second-order valence-corrected chi connectivity index (χ2v) is 6.18. The highest BCUT2D eigenvalue weighted by Gasteiger charge is 2.20. The molecule has 8 heteroatoms. The van der Waals surface area contributed by atoms with Crippen molar-refractivity contribution in [3.63, 3.8) is 0 Å². The average Bonchev–Trinajstić information content (AvgIpc) is 2.68. The molecule has 0 bridgehead atoms. The summed E-state index contributed by atoms with van der Waals surface area (Å²) in [6, 6.07) is 13.2. The van der Waals surface area contributed by atoms with Crippen molar-refractivity contribution < 1.29 is 9.53 Å². The number of ether oxygens (including phenoxy) is 1. The molecule has 0 radical (unpaired) electrons. The van der Waals surface area contributed by atoms with Gasteiger partial charge in [-0.05, 0) is 25.1 Å². The first-order chi connectivity index (χ1) is 13.0. The van der Waals surface area contributed by atoms with Crippen LogP contribution >= 0.6 is 11.6 Å². The van der Waals surface area contributed by atoms with Crippen molar-refractivity contribution in [1.29, 1.82) is 0 Å². The Morgan fingerprint density at radius 3 is 2.63 bits per heavy atom. The van der Waals surface area contributed by atoms with Crippen molar-refractivity contribution in [2.75, 3.05) is 12.4 Å². The molecule has 138 valence electrons. The topological polar surface area (TPSA) is 86.1 Å². The first-order valence-corrected chi connectivity index (χ1v) is 8.53. The molecule has 1 heterocycles. The summed E-state index contributed by atoms with van der Waals surface area (Å²) >= 11 is 5.97. The predicted molar refractivity (Wildman–Crippen MR) is 103 cm³/mol. The van der Waals surface area contributed by atoms with Gasteiger partial charge in [0.25, 0.3) is 0 Å². The number of aromatic nitrogens is 3. The summed E-state index contributed by atoms with van der Waals surface area (Å²) in [6.07, 6.45) is 1.46. The third kappa shape index (κ3) is 4.15. The standard InChI is InChI=1S/C19H17ClN4O3/c1-12(18(25)22-15-10-14(20)8-9-17(15)27-2)24-19(26)23-16(11-21-24)13-6-4-3-5-7-13/h3-12H,1-2H3,(H,22,25)/t12-/m1/s1. The Morgan fingerprint density at radius 2 is 1.96 bits per heavy atom. The predicted octanol–water partition coefficient (Wildman–Crippen LogP) is 3.17. The zero-order valence-corrected chi connectivity index (χ0v) is 15.5. The number of benzene rings is 2. The van der Waals surface area contributed by atoms with E-state index in [2.05, 4.69) is 15.4 Å². The van der Waals surface area contributed by atoms with E-state index >= 15 is 0 Å². The molecular formula is C19H17ClN4O3. The molecule has 0 aliphatic heterocycles. The van der Waals surface area contributed by atoms with Crippen LogP contribution in [0.15, 0.2) is 59.5 Å². The van der Waals surface area contributed by atoms with Gasteiger partial charge in [0.15, 0.2) is 0 Å². The van der Waals surface area contributed by atoms with Gasteiger partial charge < -0.3 is 10.1 Å². The van der Waals surface area contributed by atoms with Gasteiger partial charge in [-0.15, -0.1) is 0 Å². The van der Waals surface area contributed by atoms with Gasteiger partial charge in [-0.1, -0.05) is 41.9 Å².